The topological polar surface area (TPSA) is 26.3 Å². The molecule has 1 atom stereocenters. The Labute approximate surface area is 139 Å². The molecular weight excluding hydrogens is 274 g/mol. The summed E-state index contributed by atoms with van der Waals surface area (Å²) >= 11 is 0. The van der Waals surface area contributed by atoms with Gasteiger partial charge in [-0.1, -0.05) is 71.6 Å². The van der Waals surface area contributed by atoms with Crippen LogP contribution in [0.4, 0.5) is 0 Å². The van der Waals surface area contributed by atoms with E-state index in [0.717, 1.165) is 19.3 Å². The second kappa shape index (κ2) is 12.9. The lowest BCUT2D eigenvalue weighted by Gasteiger charge is -2.32. The first-order valence-corrected chi connectivity index (χ1v) is 9.42. The summed E-state index contributed by atoms with van der Waals surface area (Å²) in [6.45, 7) is 4.33. The molecule has 0 aromatic carbocycles. The van der Waals surface area contributed by atoms with E-state index in [1.165, 1.54) is 51.4 Å². The Bertz CT molecular complexity index is 271. The highest BCUT2D eigenvalue weighted by Gasteiger charge is 2.25. The number of unbranched alkanes of at least 4 members (excludes halogenated alkanes) is 9. The summed E-state index contributed by atoms with van der Waals surface area (Å²) in [6, 6.07) is 0. The van der Waals surface area contributed by atoms with Crippen LogP contribution in [0.5, 0.6) is 0 Å². The normalized spacial score (nSPS) is 13.1. The molecule has 0 aromatic rings. The van der Waals surface area contributed by atoms with E-state index in [-0.39, 0.29) is 12.2 Å². The molecular formula is C19H40NO2+. The van der Waals surface area contributed by atoms with Gasteiger partial charge < -0.3 is 4.74 Å². The molecule has 0 saturated carbocycles. The monoisotopic (exact) mass is 314 g/mol. The molecule has 0 aliphatic heterocycles. The van der Waals surface area contributed by atoms with Crippen LogP contribution in [0.25, 0.3) is 0 Å². The quantitative estimate of drug-likeness (QED) is 0.189. The van der Waals surface area contributed by atoms with Gasteiger partial charge in [-0.2, -0.15) is 0 Å². The molecule has 0 spiro atoms. The van der Waals surface area contributed by atoms with Crippen LogP contribution in [0.15, 0.2) is 0 Å². The fourth-order valence-corrected chi connectivity index (χ4v) is 2.76. The average Bonchev–Trinajstić information content (AvgIpc) is 2.45. The van der Waals surface area contributed by atoms with Crippen molar-refractivity contribution in [2.24, 2.45) is 0 Å². The Morgan fingerprint density at radius 1 is 0.818 bits per heavy atom. The van der Waals surface area contributed by atoms with E-state index in [2.05, 4.69) is 35.0 Å². The van der Waals surface area contributed by atoms with Crippen molar-refractivity contribution in [3.05, 3.63) is 0 Å². The van der Waals surface area contributed by atoms with Gasteiger partial charge in [0.15, 0.2) is 0 Å². The first-order valence-electron chi connectivity index (χ1n) is 9.42. The Kier molecular flexibility index (Phi) is 12.6. The molecule has 0 bridgehead atoms. The summed E-state index contributed by atoms with van der Waals surface area (Å²) in [7, 11) is 6.21. The summed E-state index contributed by atoms with van der Waals surface area (Å²) in [5.41, 5.74) is 0. The molecule has 22 heavy (non-hydrogen) atoms. The number of hydrogen-bond acceptors (Lipinski definition) is 2. The number of nitrogens with zero attached hydrogens (tertiary/aromatic N) is 1. The first-order chi connectivity index (χ1) is 10.4. The molecule has 132 valence electrons. The minimum absolute atomic E-state index is 0.0179. The van der Waals surface area contributed by atoms with Crippen LogP contribution in [0.2, 0.25) is 0 Å². The number of ether oxygens (including phenoxy) is 1. The van der Waals surface area contributed by atoms with Gasteiger partial charge in [0.1, 0.15) is 0 Å². The predicted molar refractivity (Wildman–Crippen MR) is 94.7 cm³/mol. The molecule has 0 aliphatic carbocycles. The van der Waals surface area contributed by atoms with Gasteiger partial charge >= 0.3 is 5.97 Å². The van der Waals surface area contributed by atoms with E-state index in [4.69, 9.17) is 4.74 Å². The van der Waals surface area contributed by atoms with Crippen molar-refractivity contribution < 1.29 is 14.0 Å². The molecule has 1 unspecified atom stereocenters. The van der Waals surface area contributed by atoms with Crippen molar-refractivity contribution in [3.8, 4) is 0 Å². The van der Waals surface area contributed by atoms with Gasteiger partial charge in [-0.3, -0.25) is 9.28 Å². The molecule has 3 nitrogen and oxygen atoms in total. The molecule has 0 amide bonds. The highest BCUT2D eigenvalue weighted by Crippen LogP contribution is 2.13. The SMILES string of the molecule is CCCCCCCCCCCCC(=O)OC(CC)[N+](C)(C)C. The highest BCUT2D eigenvalue weighted by atomic mass is 16.6. The maximum absolute atomic E-state index is 11.9. The van der Waals surface area contributed by atoms with Crippen molar-refractivity contribution in [2.75, 3.05) is 21.1 Å². The molecule has 0 aromatic heterocycles. The molecule has 0 rings (SSSR count). The largest absolute Gasteiger partial charge is 0.412 e. The molecule has 0 fully saturated rings. The van der Waals surface area contributed by atoms with E-state index in [9.17, 15) is 4.79 Å². The van der Waals surface area contributed by atoms with Crippen LogP contribution in [0.1, 0.15) is 90.9 Å². The van der Waals surface area contributed by atoms with Crippen LogP contribution in [-0.4, -0.2) is 37.8 Å². The molecule has 0 heterocycles. The van der Waals surface area contributed by atoms with E-state index in [0.29, 0.717) is 10.9 Å². The predicted octanol–water partition coefficient (Wildman–Crippen LogP) is 5.28. The summed E-state index contributed by atoms with van der Waals surface area (Å²) in [5, 5.41) is 0. The Hall–Kier alpha value is -0.570. The zero-order valence-corrected chi connectivity index (χ0v) is 15.8. The van der Waals surface area contributed by atoms with Crippen LogP contribution in [-0.2, 0) is 9.53 Å². The van der Waals surface area contributed by atoms with Gasteiger partial charge in [0.25, 0.3) is 0 Å². The van der Waals surface area contributed by atoms with Gasteiger partial charge in [0, 0.05) is 12.8 Å². The standard InChI is InChI=1S/C19H40NO2/c1-6-8-9-10-11-12-13-14-15-16-17-19(21)22-18(7-2)20(3,4)5/h18H,6-17H2,1-5H3/q+1. The molecule has 0 N–H and O–H groups in total. The summed E-state index contributed by atoms with van der Waals surface area (Å²) < 4.78 is 6.26. The maximum atomic E-state index is 11.9. The van der Waals surface area contributed by atoms with Gasteiger partial charge in [-0.15, -0.1) is 0 Å². The molecule has 0 saturated heterocycles. The van der Waals surface area contributed by atoms with Crippen LogP contribution in [0.3, 0.4) is 0 Å². The van der Waals surface area contributed by atoms with Crippen molar-refractivity contribution in [1.29, 1.82) is 0 Å². The third-order valence-electron chi connectivity index (χ3n) is 4.22. The average molecular weight is 315 g/mol. The van der Waals surface area contributed by atoms with Crippen molar-refractivity contribution in [2.45, 2.75) is 97.1 Å². The fraction of sp³-hybridized carbons (Fsp3) is 0.947. The third-order valence-corrected chi connectivity index (χ3v) is 4.22. The van der Waals surface area contributed by atoms with Gasteiger partial charge in [-0.05, 0) is 6.42 Å². The Morgan fingerprint density at radius 3 is 1.68 bits per heavy atom. The van der Waals surface area contributed by atoms with Crippen LogP contribution < -0.4 is 0 Å². The van der Waals surface area contributed by atoms with Crippen LogP contribution in [0, 0.1) is 0 Å². The van der Waals surface area contributed by atoms with Gasteiger partial charge in [0.2, 0.25) is 6.23 Å². The molecule has 0 radical (unpaired) electrons. The summed E-state index contributed by atoms with van der Waals surface area (Å²) in [5.74, 6) is -0.0283. The first kappa shape index (κ1) is 21.4. The maximum Gasteiger partial charge on any atom is 0.310 e. The minimum Gasteiger partial charge on any atom is -0.412 e. The van der Waals surface area contributed by atoms with E-state index in [1.807, 2.05) is 0 Å². The number of carbonyl (C=O) groups is 1. The lowest BCUT2D eigenvalue weighted by molar-refractivity contribution is -0.917. The number of carbonyl (C=O) groups excluding carboxylic acids is 1. The highest BCUT2D eigenvalue weighted by molar-refractivity contribution is 5.69. The molecule has 0 aliphatic rings. The van der Waals surface area contributed by atoms with Gasteiger partial charge in [0.05, 0.1) is 21.1 Å². The smallest absolute Gasteiger partial charge is 0.310 e. The minimum atomic E-state index is -0.0283. The van der Waals surface area contributed by atoms with E-state index >= 15 is 0 Å². The number of hydrogen-bond donors (Lipinski definition) is 0. The van der Waals surface area contributed by atoms with Gasteiger partial charge in [-0.25, -0.2) is 0 Å². The number of quaternary nitrogens is 1. The van der Waals surface area contributed by atoms with Crippen molar-refractivity contribution in [3.63, 3.8) is 0 Å². The lowest BCUT2D eigenvalue weighted by atomic mass is 10.1. The zero-order chi connectivity index (χ0) is 16.8. The lowest BCUT2D eigenvalue weighted by Crippen LogP contribution is -2.47. The Morgan fingerprint density at radius 2 is 1.27 bits per heavy atom. The number of rotatable bonds is 14. The zero-order valence-electron chi connectivity index (χ0n) is 15.8. The van der Waals surface area contributed by atoms with Crippen LogP contribution >= 0.6 is 0 Å². The van der Waals surface area contributed by atoms with Crippen molar-refractivity contribution >= 4 is 5.97 Å². The van der Waals surface area contributed by atoms with Crippen molar-refractivity contribution in [1.82, 2.24) is 0 Å². The third kappa shape index (κ3) is 12.0. The Balaban J connectivity index is 3.49. The number of esters is 1. The fourth-order valence-electron chi connectivity index (χ4n) is 2.76. The summed E-state index contributed by atoms with van der Waals surface area (Å²) in [6.07, 6.45) is 14.4. The van der Waals surface area contributed by atoms with E-state index in [1.54, 1.807) is 0 Å². The second-order valence-electron chi connectivity index (χ2n) is 7.40. The second-order valence-corrected chi connectivity index (χ2v) is 7.40. The molecule has 3 heteroatoms. The van der Waals surface area contributed by atoms with E-state index < -0.39 is 0 Å². The summed E-state index contributed by atoms with van der Waals surface area (Å²) in [4.78, 5) is 11.9.